The highest BCUT2D eigenvalue weighted by molar-refractivity contribution is 5.25. The van der Waals surface area contributed by atoms with Crippen molar-refractivity contribution in [2.24, 2.45) is 11.7 Å². The molecule has 0 amide bonds. The first-order valence-electron chi connectivity index (χ1n) is 6.02. The molecule has 1 aliphatic rings. The van der Waals surface area contributed by atoms with Crippen LogP contribution in [0.1, 0.15) is 24.6 Å². The molecule has 1 fully saturated rings. The number of aromatic nitrogens is 1. The van der Waals surface area contributed by atoms with E-state index in [1.807, 2.05) is 12.1 Å². The van der Waals surface area contributed by atoms with Gasteiger partial charge in [-0.15, -0.1) is 0 Å². The minimum absolute atomic E-state index is 0.490. The first-order valence-corrected chi connectivity index (χ1v) is 6.02. The van der Waals surface area contributed by atoms with Gasteiger partial charge in [0, 0.05) is 25.3 Å². The second-order valence-electron chi connectivity index (χ2n) is 4.78. The minimum atomic E-state index is 0.490. The molecule has 1 aromatic rings. The SMILES string of the molecule is CC1CC(CN)CN1Cc1ccnc(C#N)c1. The van der Waals surface area contributed by atoms with Crippen molar-refractivity contribution >= 4 is 0 Å². The van der Waals surface area contributed by atoms with Crippen LogP contribution in [0.4, 0.5) is 0 Å². The summed E-state index contributed by atoms with van der Waals surface area (Å²) in [5, 5.41) is 8.81. The monoisotopic (exact) mass is 230 g/mol. The van der Waals surface area contributed by atoms with Crippen molar-refractivity contribution in [2.75, 3.05) is 13.1 Å². The number of likely N-dealkylation sites (tertiary alicyclic amines) is 1. The number of hydrogen-bond acceptors (Lipinski definition) is 4. The summed E-state index contributed by atoms with van der Waals surface area (Å²) < 4.78 is 0. The molecule has 2 heterocycles. The number of rotatable bonds is 3. The van der Waals surface area contributed by atoms with E-state index in [0.29, 0.717) is 17.7 Å². The van der Waals surface area contributed by atoms with Crippen molar-refractivity contribution in [3.8, 4) is 6.07 Å². The highest BCUT2D eigenvalue weighted by Gasteiger charge is 2.27. The second kappa shape index (κ2) is 5.26. The van der Waals surface area contributed by atoms with Crippen molar-refractivity contribution in [3.63, 3.8) is 0 Å². The van der Waals surface area contributed by atoms with E-state index in [4.69, 9.17) is 11.0 Å². The summed E-state index contributed by atoms with van der Waals surface area (Å²) in [6.07, 6.45) is 2.88. The molecule has 1 aromatic heterocycles. The van der Waals surface area contributed by atoms with Gasteiger partial charge in [-0.05, 0) is 43.5 Å². The van der Waals surface area contributed by atoms with E-state index in [2.05, 4.69) is 22.9 Å². The molecular formula is C13H18N4. The fraction of sp³-hybridized carbons (Fsp3) is 0.538. The number of hydrogen-bond donors (Lipinski definition) is 1. The Hall–Kier alpha value is -1.44. The zero-order valence-electron chi connectivity index (χ0n) is 10.1. The molecule has 0 saturated carbocycles. The molecular weight excluding hydrogens is 212 g/mol. The van der Waals surface area contributed by atoms with Gasteiger partial charge in [0.2, 0.25) is 0 Å². The fourth-order valence-electron chi connectivity index (χ4n) is 2.48. The molecule has 17 heavy (non-hydrogen) atoms. The van der Waals surface area contributed by atoms with E-state index in [0.717, 1.165) is 25.2 Å². The molecule has 4 heteroatoms. The van der Waals surface area contributed by atoms with Crippen LogP contribution in [0.5, 0.6) is 0 Å². The van der Waals surface area contributed by atoms with Crippen molar-refractivity contribution in [1.29, 1.82) is 5.26 Å². The van der Waals surface area contributed by atoms with Crippen LogP contribution >= 0.6 is 0 Å². The molecule has 2 atom stereocenters. The van der Waals surface area contributed by atoms with E-state index < -0.39 is 0 Å². The summed E-state index contributed by atoms with van der Waals surface area (Å²) in [6.45, 7) is 4.94. The Bertz CT molecular complexity index is 424. The highest BCUT2D eigenvalue weighted by Crippen LogP contribution is 2.23. The lowest BCUT2D eigenvalue weighted by molar-refractivity contribution is 0.256. The average molecular weight is 230 g/mol. The van der Waals surface area contributed by atoms with Crippen molar-refractivity contribution in [3.05, 3.63) is 29.6 Å². The van der Waals surface area contributed by atoms with Crippen LogP contribution in [0.15, 0.2) is 18.3 Å². The van der Waals surface area contributed by atoms with Gasteiger partial charge in [0.15, 0.2) is 0 Å². The Morgan fingerprint density at radius 2 is 2.47 bits per heavy atom. The van der Waals surface area contributed by atoms with Crippen LogP contribution in [0.2, 0.25) is 0 Å². The van der Waals surface area contributed by atoms with Crippen LogP contribution in [0, 0.1) is 17.2 Å². The van der Waals surface area contributed by atoms with Gasteiger partial charge in [-0.1, -0.05) is 0 Å². The summed E-state index contributed by atoms with van der Waals surface area (Å²) >= 11 is 0. The predicted molar refractivity (Wildman–Crippen MR) is 66.0 cm³/mol. The number of nitrogens with zero attached hydrogens (tertiary/aromatic N) is 3. The van der Waals surface area contributed by atoms with E-state index >= 15 is 0 Å². The van der Waals surface area contributed by atoms with Gasteiger partial charge in [0.05, 0.1) is 0 Å². The van der Waals surface area contributed by atoms with Crippen LogP contribution in [-0.4, -0.2) is 29.0 Å². The molecule has 2 unspecified atom stereocenters. The molecule has 0 aromatic carbocycles. The third-order valence-corrected chi connectivity index (χ3v) is 3.45. The van der Waals surface area contributed by atoms with Gasteiger partial charge in [0.1, 0.15) is 11.8 Å². The Morgan fingerprint density at radius 1 is 1.65 bits per heavy atom. The lowest BCUT2D eigenvalue weighted by atomic mass is 10.1. The summed E-state index contributed by atoms with van der Waals surface area (Å²) in [5.74, 6) is 0.613. The lowest BCUT2D eigenvalue weighted by Crippen LogP contribution is -2.27. The molecule has 1 aliphatic heterocycles. The zero-order valence-corrected chi connectivity index (χ0v) is 10.1. The Morgan fingerprint density at radius 3 is 3.12 bits per heavy atom. The fourth-order valence-corrected chi connectivity index (χ4v) is 2.48. The minimum Gasteiger partial charge on any atom is -0.330 e. The Balaban J connectivity index is 2.03. The third-order valence-electron chi connectivity index (χ3n) is 3.45. The number of nitrogens with two attached hydrogens (primary N) is 1. The Labute approximate surface area is 102 Å². The zero-order chi connectivity index (χ0) is 12.3. The highest BCUT2D eigenvalue weighted by atomic mass is 15.2. The quantitative estimate of drug-likeness (QED) is 0.845. The molecule has 0 radical (unpaired) electrons. The van der Waals surface area contributed by atoms with Gasteiger partial charge in [-0.25, -0.2) is 4.98 Å². The number of nitriles is 1. The first kappa shape index (κ1) is 12.0. The molecule has 4 nitrogen and oxygen atoms in total. The van der Waals surface area contributed by atoms with Crippen molar-refractivity contribution in [1.82, 2.24) is 9.88 Å². The third kappa shape index (κ3) is 2.82. The van der Waals surface area contributed by atoms with E-state index in [9.17, 15) is 0 Å². The second-order valence-corrected chi connectivity index (χ2v) is 4.78. The van der Waals surface area contributed by atoms with Gasteiger partial charge < -0.3 is 5.73 Å². The molecule has 90 valence electrons. The first-order chi connectivity index (χ1) is 8.22. The Kier molecular flexibility index (Phi) is 3.72. The van der Waals surface area contributed by atoms with Gasteiger partial charge >= 0.3 is 0 Å². The van der Waals surface area contributed by atoms with Crippen LogP contribution in [0.3, 0.4) is 0 Å². The summed E-state index contributed by atoms with van der Waals surface area (Å²) in [5.41, 5.74) is 7.36. The van der Waals surface area contributed by atoms with E-state index in [1.54, 1.807) is 6.20 Å². The smallest absolute Gasteiger partial charge is 0.140 e. The molecule has 1 saturated heterocycles. The average Bonchev–Trinajstić information content (AvgIpc) is 2.70. The summed E-state index contributed by atoms with van der Waals surface area (Å²) in [4.78, 5) is 6.41. The molecule has 2 rings (SSSR count). The lowest BCUT2D eigenvalue weighted by Gasteiger charge is -2.20. The van der Waals surface area contributed by atoms with Crippen LogP contribution in [-0.2, 0) is 6.54 Å². The molecule has 2 N–H and O–H groups in total. The van der Waals surface area contributed by atoms with Gasteiger partial charge in [0.25, 0.3) is 0 Å². The maximum Gasteiger partial charge on any atom is 0.140 e. The summed E-state index contributed by atoms with van der Waals surface area (Å²) in [7, 11) is 0. The molecule has 0 spiro atoms. The van der Waals surface area contributed by atoms with Crippen molar-refractivity contribution in [2.45, 2.75) is 25.9 Å². The summed E-state index contributed by atoms with van der Waals surface area (Å²) in [6, 6.07) is 6.48. The maximum atomic E-state index is 8.81. The standard InChI is InChI=1S/C13H18N4/c1-10-4-12(6-14)9-17(10)8-11-2-3-16-13(5-11)7-15/h2-3,5,10,12H,4,6,8-9,14H2,1H3. The normalized spacial score (nSPS) is 24.8. The van der Waals surface area contributed by atoms with Crippen molar-refractivity contribution < 1.29 is 0 Å². The maximum absolute atomic E-state index is 8.81. The van der Waals surface area contributed by atoms with Crippen LogP contribution < -0.4 is 5.73 Å². The molecule has 0 aliphatic carbocycles. The van der Waals surface area contributed by atoms with E-state index in [-0.39, 0.29) is 0 Å². The van der Waals surface area contributed by atoms with Gasteiger partial charge in [-0.2, -0.15) is 5.26 Å². The topological polar surface area (TPSA) is 65.9 Å². The van der Waals surface area contributed by atoms with Crippen LogP contribution in [0.25, 0.3) is 0 Å². The predicted octanol–water partition coefficient (Wildman–Crippen LogP) is 1.12. The largest absolute Gasteiger partial charge is 0.330 e. The molecule has 0 bridgehead atoms. The van der Waals surface area contributed by atoms with Gasteiger partial charge in [-0.3, -0.25) is 4.90 Å². The number of pyridine rings is 1. The van der Waals surface area contributed by atoms with E-state index in [1.165, 1.54) is 6.42 Å².